The lowest BCUT2D eigenvalue weighted by atomic mass is 9.50. The van der Waals surface area contributed by atoms with Gasteiger partial charge in [-0.25, -0.2) is 0 Å². The summed E-state index contributed by atoms with van der Waals surface area (Å²) in [6, 6.07) is 10.6. The molecule has 0 unspecified atom stereocenters. The minimum absolute atomic E-state index is 0.155. The quantitative estimate of drug-likeness (QED) is 0.707. The van der Waals surface area contributed by atoms with E-state index >= 15 is 0 Å². The maximum atomic E-state index is 13.0. The Bertz CT molecular complexity index is 1060. The van der Waals surface area contributed by atoms with Crippen LogP contribution in [0.5, 0.6) is 5.75 Å². The third kappa shape index (κ3) is 2.98. The second-order valence-electron chi connectivity index (χ2n) is 9.17. The molecule has 0 aromatic heterocycles. The number of rotatable bonds is 3. The van der Waals surface area contributed by atoms with E-state index < -0.39 is 0 Å². The van der Waals surface area contributed by atoms with Gasteiger partial charge in [-0.15, -0.1) is 12.8 Å². The number of amides is 1. The number of carbonyl (C=O) groups is 1. The van der Waals surface area contributed by atoms with Crippen molar-refractivity contribution in [3.63, 3.8) is 0 Å². The molecule has 2 aromatic rings. The average molecular weight is 396 g/mol. The Morgan fingerprint density at radius 1 is 0.967 bits per heavy atom. The summed E-state index contributed by atoms with van der Waals surface area (Å²) in [5.41, 5.74) is 2.79. The van der Waals surface area contributed by atoms with Crippen molar-refractivity contribution in [2.24, 2.45) is 23.7 Å². The van der Waals surface area contributed by atoms with Gasteiger partial charge in [0.1, 0.15) is 5.75 Å². The Kier molecular flexibility index (Phi) is 4.56. The molecule has 2 aromatic carbocycles. The molecule has 150 valence electrons. The summed E-state index contributed by atoms with van der Waals surface area (Å²) in [7, 11) is 0. The Hall–Kier alpha value is -3.17. The van der Waals surface area contributed by atoms with Crippen LogP contribution in [-0.4, -0.2) is 11.0 Å². The first-order valence-corrected chi connectivity index (χ1v) is 10.8. The van der Waals surface area contributed by atoms with Crippen molar-refractivity contribution in [3.8, 4) is 30.4 Å². The zero-order chi connectivity index (χ0) is 20.8. The van der Waals surface area contributed by atoms with E-state index in [1.807, 2.05) is 18.2 Å². The van der Waals surface area contributed by atoms with Crippen LogP contribution in [-0.2, 0) is 0 Å². The highest BCUT2D eigenvalue weighted by molar-refractivity contribution is 6.06. The van der Waals surface area contributed by atoms with Gasteiger partial charge in [0.05, 0.1) is 11.3 Å². The number of phenolic OH excluding ortho intramolecular Hbond substituents is 1. The van der Waals surface area contributed by atoms with Gasteiger partial charge in [0.25, 0.3) is 5.91 Å². The third-order valence-corrected chi connectivity index (χ3v) is 7.48. The van der Waals surface area contributed by atoms with Crippen LogP contribution in [0.3, 0.4) is 0 Å². The van der Waals surface area contributed by atoms with E-state index in [0.29, 0.717) is 34.2 Å². The highest BCUT2D eigenvalue weighted by Crippen LogP contribution is 2.62. The Balaban J connectivity index is 1.63. The minimum Gasteiger partial charge on any atom is -0.508 e. The van der Waals surface area contributed by atoms with Crippen LogP contribution in [0, 0.1) is 48.4 Å². The molecule has 0 heterocycles. The van der Waals surface area contributed by atoms with Gasteiger partial charge >= 0.3 is 0 Å². The molecule has 4 saturated carbocycles. The number of hydrogen-bond donors (Lipinski definition) is 2. The van der Waals surface area contributed by atoms with Gasteiger partial charge in [0, 0.05) is 16.7 Å². The number of carbonyl (C=O) groups excluding carboxylic acids is 1. The first-order valence-electron chi connectivity index (χ1n) is 10.8. The standard InChI is InChI=1S/C27H25NO2/c1-3-18-15-23(29)25(24-20-11-16-10-17(13-20)14-21(24)12-16)26(22(18)4-2)28-27(30)19-8-6-5-7-9-19/h1-2,5-9,15-17,20-21,24,29H,10-14H2,(H,28,30). The van der Waals surface area contributed by atoms with Crippen LogP contribution in [0.1, 0.15) is 65.1 Å². The molecule has 0 atom stereocenters. The molecule has 4 bridgehead atoms. The second kappa shape index (κ2) is 7.26. The predicted molar refractivity (Wildman–Crippen MR) is 118 cm³/mol. The summed E-state index contributed by atoms with van der Waals surface area (Å²) in [5, 5.41) is 14.1. The van der Waals surface area contributed by atoms with E-state index in [9.17, 15) is 9.90 Å². The number of nitrogens with one attached hydrogen (secondary N) is 1. The Labute approximate surface area is 177 Å². The molecular formula is C27H25NO2. The number of terminal acetylenes is 2. The summed E-state index contributed by atoms with van der Waals surface area (Å²) < 4.78 is 0. The number of anilines is 1. The van der Waals surface area contributed by atoms with E-state index in [-0.39, 0.29) is 17.6 Å². The van der Waals surface area contributed by atoms with E-state index in [0.717, 1.165) is 17.4 Å². The van der Waals surface area contributed by atoms with Gasteiger partial charge in [-0.05, 0) is 79.9 Å². The maximum absolute atomic E-state index is 13.0. The lowest BCUT2D eigenvalue weighted by Gasteiger charge is -2.55. The van der Waals surface area contributed by atoms with Crippen molar-refractivity contribution in [1.82, 2.24) is 0 Å². The average Bonchev–Trinajstić information content (AvgIpc) is 2.75. The van der Waals surface area contributed by atoms with Crippen molar-refractivity contribution in [2.45, 2.75) is 38.0 Å². The Morgan fingerprint density at radius 2 is 1.60 bits per heavy atom. The van der Waals surface area contributed by atoms with Crippen LogP contribution < -0.4 is 5.32 Å². The summed E-state index contributed by atoms with van der Waals surface area (Å²) >= 11 is 0. The first-order chi connectivity index (χ1) is 14.6. The molecule has 0 radical (unpaired) electrons. The number of aromatic hydroxyl groups is 1. The third-order valence-electron chi connectivity index (χ3n) is 7.48. The molecule has 4 aliphatic carbocycles. The van der Waals surface area contributed by atoms with Crippen LogP contribution in [0.15, 0.2) is 36.4 Å². The maximum Gasteiger partial charge on any atom is 0.255 e. The summed E-state index contributed by atoms with van der Waals surface area (Å²) in [6.07, 6.45) is 17.7. The van der Waals surface area contributed by atoms with Crippen LogP contribution >= 0.6 is 0 Å². The molecule has 4 fully saturated rings. The molecule has 3 heteroatoms. The van der Waals surface area contributed by atoms with Crippen molar-refractivity contribution < 1.29 is 9.90 Å². The fourth-order valence-electron chi connectivity index (χ4n) is 6.59. The molecule has 1 amide bonds. The largest absolute Gasteiger partial charge is 0.508 e. The van der Waals surface area contributed by atoms with Gasteiger partial charge < -0.3 is 10.4 Å². The number of benzene rings is 2. The van der Waals surface area contributed by atoms with Gasteiger partial charge in [0.15, 0.2) is 0 Å². The van der Waals surface area contributed by atoms with Crippen LogP contribution in [0.4, 0.5) is 5.69 Å². The summed E-state index contributed by atoms with van der Waals surface area (Å²) in [5.74, 6) is 8.08. The van der Waals surface area contributed by atoms with Gasteiger partial charge in [0.2, 0.25) is 0 Å². The molecule has 30 heavy (non-hydrogen) atoms. The number of hydrogen-bond acceptors (Lipinski definition) is 2. The van der Waals surface area contributed by atoms with Crippen molar-refractivity contribution in [2.75, 3.05) is 5.32 Å². The van der Waals surface area contributed by atoms with Gasteiger partial charge in [-0.3, -0.25) is 4.79 Å². The topological polar surface area (TPSA) is 49.3 Å². The highest BCUT2D eigenvalue weighted by Gasteiger charge is 2.50. The minimum atomic E-state index is -0.245. The summed E-state index contributed by atoms with van der Waals surface area (Å²) in [6.45, 7) is 0. The van der Waals surface area contributed by atoms with E-state index in [1.165, 1.54) is 32.1 Å². The lowest BCUT2D eigenvalue weighted by molar-refractivity contribution is -0.00325. The summed E-state index contributed by atoms with van der Waals surface area (Å²) in [4.78, 5) is 13.0. The molecule has 6 rings (SSSR count). The first kappa shape index (κ1) is 18.8. The molecule has 0 spiro atoms. The zero-order valence-electron chi connectivity index (χ0n) is 16.9. The van der Waals surface area contributed by atoms with E-state index in [4.69, 9.17) is 12.8 Å². The fourth-order valence-corrected chi connectivity index (χ4v) is 6.59. The van der Waals surface area contributed by atoms with E-state index in [2.05, 4.69) is 17.2 Å². The SMILES string of the molecule is C#Cc1cc(O)c(C2C3CC4CC(C3)CC2C4)c(NC(=O)c2ccccc2)c1C#C. The van der Waals surface area contributed by atoms with Crippen LogP contribution in [0.2, 0.25) is 0 Å². The van der Waals surface area contributed by atoms with E-state index in [1.54, 1.807) is 18.2 Å². The molecule has 0 saturated heterocycles. The number of phenols is 1. The van der Waals surface area contributed by atoms with Crippen LogP contribution in [0.25, 0.3) is 0 Å². The molecule has 4 aliphatic rings. The fraction of sp³-hybridized carbons (Fsp3) is 0.370. The smallest absolute Gasteiger partial charge is 0.255 e. The zero-order valence-corrected chi connectivity index (χ0v) is 16.9. The predicted octanol–water partition coefficient (Wildman–Crippen LogP) is 5.15. The lowest BCUT2D eigenvalue weighted by Crippen LogP contribution is -2.44. The monoisotopic (exact) mass is 395 g/mol. The Morgan fingerprint density at radius 3 is 2.17 bits per heavy atom. The van der Waals surface area contributed by atoms with Crippen molar-refractivity contribution in [3.05, 3.63) is 58.7 Å². The van der Waals surface area contributed by atoms with Crippen molar-refractivity contribution >= 4 is 11.6 Å². The second-order valence-corrected chi connectivity index (χ2v) is 9.17. The molecule has 2 N–H and O–H groups in total. The van der Waals surface area contributed by atoms with Crippen molar-refractivity contribution in [1.29, 1.82) is 0 Å². The molecule has 0 aliphatic heterocycles. The molecular weight excluding hydrogens is 370 g/mol. The van der Waals surface area contributed by atoms with Gasteiger partial charge in [-0.2, -0.15) is 0 Å². The normalized spacial score (nSPS) is 28.5. The highest BCUT2D eigenvalue weighted by atomic mass is 16.3. The molecule has 3 nitrogen and oxygen atoms in total. The van der Waals surface area contributed by atoms with Gasteiger partial charge in [-0.1, -0.05) is 30.0 Å².